The fraction of sp³-hybridized carbons (Fsp3) is 0.750. The van der Waals surface area contributed by atoms with Crippen molar-refractivity contribution in [2.24, 2.45) is 0 Å². The molecule has 128 valence electrons. The van der Waals surface area contributed by atoms with E-state index < -0.39 is 0 Å². The van der Waals surface area contributed by atoms with Crippen LogP contribution in [0.15, 0.2) is 30.0 Å². The van der Waals surface area contributed by atoms with Crippen molar-refractivity contribution < 1.29 is 4.74 Å². The van der Waals surface area contributed by atoms with E-state index in [1.54, 1.807) is 0 Å². The van der Waals surface area contributed by atoms with Gasteiger partial charge in [0.05, 0.1) is 13.2 Å². The lowest BCUT2D eigenvalue weighted by atomic mass is 10.1. The first-order chi connectivity index (χ1) is 10.9. The first-order valence-electron chi connectivity index (χ1n) is 9.10. The molecular formula is C20H35ClO. The third-order valence-electron chi connectivity index (χ3n) is 3.48. The molecule has 0 aromatic carbocycles. The van der Waals surface area contributed by atoms with Gasteiger partial charge in [-0.25, -0.2) is 0 Å². The molecule has 0 aromatic rings. The molecule has 0 saturated carbocycles. The molecule has 0 radical (unpaired) electrons. The second kappa shape index (κ2) is 20.5. The summed E-state index contributed by atoms with van der Waals surface area (Å²) in [6, 6.07) is 0. The van der Waals surface area contributed by atoms with Gasteiger partial charge in [0.25, 0.3) is 0 Å². The average molecular weight is 327 g/mol. The number of unbranched alkanes of at least 4 members (excludes halogenated alkanes) is 8. The Labute approximate surface area is 143 Å². The molecule has 1 nitrogen and oxygen atoms in total. The van der Waals surface area contributed by atoms with Crippen molar-refractivity contribution in [2.45, 2.75) is 77.6 Å². The van der Waals surface area contributed by atoms with Crippen LogP contribution in [0.3, 0.4) is 0 Å². The quantitative estimate of drug-likeness (QED) is 0.131. The molecule has 0 heterocycles. The van der Waals surface area contributed by atoms with Crippen molar-refractivity contribution in [3.05, 3.63) is 30.0 Å². The van der Waals surface area contributed by atoms with Gasteiger partial charge in [0, 0.05) is 5.88 Å². The third-order valence-corrected chi connectivity index (χ3v) is 3.75. The van der Waals surface area contributed by atoms with E-state index in [1.165, 1.54) is 51.4 Å². The molecule has 0 spiro atoms. The van der Waals surface area contributed by atoms with Gasteiger partial charge in [-0.05, 0) is 44.3 Å². The lowest BCUT2D eigenvalue weighted by Gasteiger charge is -1.99. The minimum Gasteiger partial charge on any atom is -0.377 e. The number of rotatable bonds is 16. The van der Waals surface area contributed by atoms with Gasteiger partial charge in [-0.1, -0.05) is 57.6 Å². The van der Waals surface area contributed by atoms with E-state index in [1.807, 2.05) is 12.2 Å². The molecule has 0 aliphatic rings. The normalized spacial score (nSPS) is 10.8. The maximum absolute atomic E-state index is 5.59. The summed E-state index contributed by atoms with van der Waals surface area (Å²) in [5, 5.41) is 0. The number of alkyl halides is 1. The number of ether oxygens (including phenoxy) is 1. The number of allylic oxidation sites excluding steroid dienone is 1. The molecule has 0 unspecified atom stereocenters. The molecule has 0 aliphatic carbocycles. The highest BCUT2D eigenvalue weighted by atomic mass is 35.5. The lowest BCUT2D eigenvalue weighted by Crippen LogP contribution is -1.92. The Hall–Kier alpha value is -0.490. The molecule has 0 rings (SSSR count). The van der Waals surface area contributed by atoms with E-state index in [2.05, 4.69) is 24.8 Å². The lowest BCUT2D eigenvalue weighted by molar-refractivity contribution is 0.167. The van der Waals surface area contributed by atoms with Gasteiger partial charge >= 0.3 is 0 Å². The molecule has 0 saturated heterocycles. The zero-order valence-corrected chi connectivity index (χ0v) is 15.3. The van der Waals surface area contributed by atoms with Crippen LogP contribution >= 0.6 is 11.6 Å². The summed E-state index contributed by atoms with van der Waals surface area (Å²) >= 11 is 5.59. The van der Waals surface area contributed by atoms with E-state index >= 15 is 0 Å². The topological polar surface area (TPSA) is 9.23 Å². The molecule has 0 aromatic heterocycles. The Balaban J connectivity index is 3.19. The molecule has 0 aliphatic heterocycles. The van der Waals surface area contributed by atoms with Crippen molar-refractivity contribution in [2.75, 3.05) is 19.1 Å². The minimum absolute atomic E-state index is 0.729. The highest BCUT2D eigenvalue weighted by Crippen LogP contribution is 2.08. The Morgan fingerprint density at radius 2 is 1.55 bits per heavy atom. The van der Waals surface area contributed by atoms with Gasteiger partial charge in [-0.3, -0.25) is 0 Å². The van der Waals surface area contributed by atoms with Gasteiger partial charge in [0.1, 0.15) is 0 Å². The van der Waals surface area contributed by atoms with E-state index in [-0.39, 0.29) is 0 Å². The number of hydrogen-bond acceptors (Lipinski definition) is 1. The van der Waals surface area contributed by atoms with Gasteiger partial charge in [-0.15, -0.1) is 17.3 Å². The zero-order valence-electron chi connectivity index (χ0n) is 14.5. The SMILES string of the molecule is CCCCCCCCCC=CCOCCC=C=CCCCCl. The molecule has 0 amide bonds. The zero-order chi connectivity index (χ0) is 16.1. The summed E-state index contributed by atoms with van der Waals surface area (Å²) in [6.07, 6.45) is 22.3. The fourth-order valence-electron chi connectivity index (χ4n) is 2.13. The Morgan fingerprint density at radius 3 is 2.32 bits per heavy atom. The molecule has 22 heavy (non-hydrogen) atoms. The third kappa shape index (κ3) is 19.5. The Bertz CT molecular complexity index is 290. The van der Waals surface area contributed by atoms with Crippen molar-refractivity contribution in [1.29, 1.82) is 0 Å². The second-order valence-corrected chi connectivity index (χ2v) is 6.03. The molecule has 2 heteroatoms. The Morgan fingerprint density at radius 1 is 0.818 bits per heavy atom. The largest absolute Gasteiger partial charge is 0.377 e. The second-order valence-electron chi connectivity index (χ2n) is 5.65. The maximum Gasteiger partial charge on any atom is 0.0647 e. The van der Waals surface area contributed by atoms with Gasteiger partial charge in [0.15, 0.2) is 0 Å². The van der Waals surface area contributed by atoms with Crippen molar-refractivity contribution in [1.82, 2.24) is 0 Å². The molecule has 0 atom stereocenters. The predicted octanol–water partition coefficient (Wildman–Crippen LogP) is 6.82. The standard InChI is InChI=1S/C20H35ClO/c1-2-3-4-5-6-7-8-10-13-16-19-22-20-17-14-11-9-12-15-18-21/h9,13-14,16H,2-8,10,12,15,17-20H2,1H3. The highest BCUT2D eigenvalue weighted by molar-refractivity contribution is 6.17. The van der Waals surface area contributed by atoms with Crippen molar-refractivity contribution in [3.63, 3.8) is 0 Å². The van der Waals surface area contributed by atoms with Gasteiger partial charge < -0.3 is 4.74 Å². The summed E-state index contributed by atoms with van der Waals surface area (Å²) in [4.78, 5) is 0. The van der Waals surface area contributed by atoms with E-state index in [0.29, 0.717) is 0 Å². The summed E-state index contributed by atoms with van der Waals surface area (Å²) in [5.41, 5.74) is 3.16. The van der Waals surface area contributed by atoms with E-state index in [9.17, 15) is 0 Å². The van der Waals surface area contributed by atoms with Crippen LogP contribution < -0.4 is 0 Å². The van der Waals surface area contributed by atoms with Crippen LogP contribution in [-0.4, -0.2) is 19.1 Å². The van der Waals surface area contributed by atoms with Crippen LogP contribution in [-0.2, 0) is 4.74 Å². The Kier molecular flexibility index (Phi) is 20.1. The summed E-state index contributed by atoms with van der Waals surface area (Å²) in [5.74, 6) is 0.729. The van der Waals surface area contributed by atoms with Crippen molar-refractivity contribution >= 4 is 11.6 Å². The molecule has 0 bridgehead atoms. The monoisotopic (exact) mass is 326 g/mol. The van der Waals surface area contributed by atoms with Crippen LogP contribution in [0.1, 0.15) is 77.6 Å². The first-order valence-corrected chi connectivity index (χ1v) is 9.63. The molecule has 0 N–H and O–H groups in total. The van der Waals surface area contributed by atoms with E-state index in [0.717, 1.165) is 38.4 Å². The summed E-state index contributed by atoms with van der Waals surface area (Å²) in [6.45, 7) is 3.78. The van der Waals surface area contributed by atoms with E-state index in [4.69, 9.17) is 16.3 Å². The van der Waals surface area contributed by atoms with Crippen LogP contribution in [0.4, 0.5) is 0 Å². The van der Waals surface area contributed by atoms with Crippen molar-refractivity contribution in [3.8, 4) is 0 Å². The van der Waals surface area contributed by atoms with Crippen LogP contribution in [0, 0.1) is 0 Å². The smallest absolute Gasteiger partial charge is 0.0647 e. The van der Waals surface area contributed by atoms with Gasteiger partial charge in [0.2, 0.25) is 0 Å². The fourth-order valence-corrected chi connectivity index (χ4v) is 2.28. The van der Waals surface area contributed by atoms with Crippen LogP contribution in [0.25, 0.3) is 0 Å². The number of hydrogen-bond donors (Lipinski definition) is 0. The first kappa shape index (κ1) is 21.5. The van der Waals surface area contributed by atoms with Crippen LogP contribution in [0.2, 0.25) is 0 Å². The number of halogens is 1. The summed E-state index contributed by atoms with van der Waals surface area (Å²) in [7, 11) is 0. The average Bonchev–Trinajstić information content (AvgIpc) is 2.54. The van der Waals surface area contributed by atoms with Crippen LogP contribution in [0.5, 0.6) is 0 Å². The highest BCUT2D eigenvalue weighted by Gasteiger charge is 1.89. The summed E-state index contributed by atoms with van der Waals surface area (Å²) < 4.78 is 5.54. The predicted molar refractivity (Wildman–Crippen MR) is 99.8 cm³/mol. The minimum atomic E-state index is 0.729. The molecule has 0 fully saturated rings. The van der Waals surface area contributed by atoms with Gasteiger partial charge in [-0.2, -0.15) is 0 Å². The molecular weight excluding hydrogens is 292 g/mol. The maximum atomic E-state index is 5.59.